The van der Waals surface area contributed by atoms with E-state index in [4.69, 9.17) is 4.42 Å². The van der Waals surface area contributed by atoms with Crippen LogP contribution in [0, 0.1) is 6.92 Å². The van der Waals surface area contributed by atoms with Crippen LogP contribution in [0.1, 0.15) is 16.7 Å². The zero-order valence-electron chi connectivity index (χ0n) is 15.0. The number of rotatable bonds is 4. The second-order valence-corrected chi connectivity index (χ2v) is 6.94. The third kappa shape index (κ3) is 3.39. The van der Waals surface area contributed by atoms with Gasteiger partial charge in [-0.2, -0.15) is 0 Å². The van der Waals surface area contributed by atoms with Crippen molar-refractivity contribution in [2.45, 2.75) is 20.0 Å². The molecule has 3 aromatic carbocycles. The molecule has 0 atom stereocenters. The Labute approximate surface area is 152 Å². The number of hydrogen-bond acceptors (Lipinski definition) is 3. The summed E-state index contributed by atoms with van der Waals surface area (Å²) in [5.74, 6) is 0. The van der Waals surface area contributed by atoms with E-state index >= 15 is 0 Å². The molecule has 0 unspecified atom stereocenters. The summed E-state index contributed by atoms with van der Waals surface area (Å²) in [6.07, 6.45) is 0. The molecule has 26 heavy (non-hydrogen) atoms. The molecule has 0 aliphatic rings. The largest absolute Gasteiger partial charge is 0.423 e. The van der Waals surface area contributed by atoms with Gasteiger partial charge in [0, 0.05) is 24.5 Å². The third-order valence-electron chi connectivity index (χ3n) is 4.69. The van der Waals surface area contributed by atoms with Gasteiger partial charge in [0.05, 0.1) is 0 Å². The molecule has 0 fully saturated rings. The molecule has 0 spiro atoms. The number of fused-ring (bicyclic) bond motifs is 2. The second-order valence-electron chi connectivity index (χ2n) is 6.94. The first kappa shape index (κ1) is 16.6. The summed E-state index contributed by atoms with van der Waals surface area (Å²) in [4.78, 5) is 14.1. The summed E-state index contributed by atoms with van der Waals surface area (Å²) in [6, 6.07) is 22.5. The van der Waals surface area contributed by atoms with E-state index in [1.807, 2.05) is 19.1 Å². The van der Waals surface area contributed by atoms with Gasteiger partial charge < -0.3 is 4.42 Å². The summed E-state index contributed by atoms with van der Waals surface area (Å²) in [5, 5.41) is 3.50. The van der Waals surface area contributed by atoms with E-state index < -0.39 is 0 Å². The maximum absolute atomic E-state index is 11.9. The van der Waals surface area contributed by atoms with Gasteiger partial charge in [-0.05, 0) is 53.6 Å². The van der Waals surface area contributed by atoms with E-state index in [-0.39, 0.29) is 5.63 Å². The highest BCUT2D eigenvalue weighted by molar-refractivity contribution is 5.83. The van der Waals surface area contributed by atoms with Gasteiger partial charge in [0.15, 0.2) is 0 Å². The Balaban J connectivity index is 1.60. The molecule has 3 nitrogen and oxygen atoms in total. The first-order chi connectivity index (χ1) is 12.6. The molecule has 1 aromatic heterocycles. The summed E-state index contributed by atoms with van der Waals surface area (Å²) < 4.78 is 5.36. The highest BCUT2D eigenvalue weighted by Crippen LogP contribution is 2.21. The lowest BCUT2D eigenvalue weighted by molar-refractivity contribution is 0.319. The lowest BCUT2D eigenvalue weighted by atomic mass is 10.1. The lowest BCUT2D eigenvalue weighted by Gasteiger charge is -2.18. The molecule has 0 saturated carbocycles. The molecular weight excluding hydrogens is 322 g/mol. The molecule has 0 bridgehead atoms. The Morgan fingerprint density at radius 3 is 2.54 bits per heavy atom. The number of hydrogen-bond donors (Lipinski definition) is 0. The number of nitrogens with zero attached hydrogens (tertiary/aromatic N) is 1. The van der Waals surface area contributed by atoms with Crippen LogP contribution >= 0.6 is 0 Å². The van der Waals surface area contributed by atoms with Crippen molar-refractivity contribution < 1.29 is 4.42 Å². The van der Waals surface area contributed by atoms with Gasteiger partial charge in [-0.25, -0.2) is 4.79 Å². The molecular formula is C23H21NO2. The molecule has 4 aromatic rings. The quantitative estimate of drug-likeness (QED) is 0.495. The van der Waals surface area contributed by atoms with Crippen molar-refractivity contribution in [2.24, 2.45) is 0 Å². The zero-order valence-corrected chi connectivity index (χ0v) is 15.0. The van der Waals surface area contributed by atoms with E-state index in [0.29, 0.717) is 12.1 Å². The smallest absolute Gasteiger partial charge is 0.336 e. The first-order valence-corrected chi connectivity index (χ1v) is 8.78. The highest BCUT2D eigenvalue weighted by Gasteiger charge is 2.09. The van der Waals surface area contributed by atoms with Gasteiger partial charge >= 0.3 is 5.63 Å². The van der Waals surface area contributed by atoms with E-state index in [2.05, 4.69) is 60.5 Å². The molecule has 0 saturated heterocycles. The maximum atomic E-state index is 11.9. The summed E-state index contributed by atoms with van der Waals surface area (Å²) >= 11 is 0. The van der Waals surface area contributed by atoms with Crippen molar-refractivity contribution >= 4 is 21.7 Å². The maximum Gasteiger partial charge on any atom is 0.336 e. The normalized spacial score (nSPS) is 11.5. The average molecular weight is 343 g/mol. The Morgan fingerprint density at radius 1 is 0.885 bits per heavy atom. The van der Waals surface area contributed by atoms with Gasteiger partial charge in [0.1, 0.15) is 5.58 Å². The minimum Gasteiger partial charge on any atom is -0.423 e. The fourth-order valence-corrected chi connectivity index (χ4v) is 3.46. The molecule has 0 radical (unpaired) electrons. The Bertz CT molecular complexity index is 1140. The monoisotopic (exact) mass is 343 g/mol. The SMILES string of the molecule is Cc1ccc2c(CN(C)Cc3ccc4ccccc4c3)cc(=O)oc2c1. The number of benzene rings is 3. The van der Waals surface area contributed by atoms with E-state index in [9.17, 15) is 4.79 Å². The van der Waals surface area contributed by atoms with Crippen molar-refractivity contribution in [1.82, 2.24) is 4.90 Å². The second kappa shape index (κ2) is 6.77. The van der Waals surface area contributed by atoms with E-state index in [1.165, 1.54) is 16.3 Å². The molecule has 4 rings (SSSR count). The highest BCUT2D eigenvalue weighted by atomic mass is 16.4. The summed E-state index contributed by atoms with van der Waals surface area (Å²) in [7, 11) is 2.07. The Kier molecular flexibility index (Phi) is 4.31. The minimum absolute atomic E-state index is 0.294. The van der Waals surface area contributed by atoms with Crippen molar-refractivity contribution in [1.29, 1.82) is 0 Å². The van der Waals surface area contributed by atoms with Crippen LogP contribution in [0.25, 0.3) is 21.7 Å². The van der Waals surface area contributed by atoms with Crippen LogP contribution in [0.2, 0.25) is 0 Å². The zero-order chi connectivity index (χ0) is 18.1. The van der Waals surface area contributed by atoms with Crippen LogP contribution in [0.5, 0.6) is 0 Å². The Hall–Kier alpha value is -2.91. The van der Waals surface area contributed by atoms with Crippen LogP contribution in [-0.2, 0) is 13.1 Å². The molecule has 1 heterocycles. The van der Waals surface area contributed by atoms with Crippen LogP contribution in [-0.4, -0.2) is 11.9 Å². The van der Waals surface area contributed by atoms with Crippen molar-refractivity contribution in [3.8, 4) is 0 Å². The predicted molar refractivity (Wildman–Crippen MR) is 106 cm³/mol. The first-order valence-electron chi connectivity index (χ1n) is 8.78. The standard InChI is InChI=1S/C23H21NO2/c1-16-7-10-21-20(13-23(25)26-22(21)11-16)15-24(2)14-17-8-9-18-5-3-4-6-19(18)12-17/h3-13H,14-15H2,1-2H3. The van der Waals surface area contributed by atoms with Crippen molar-refractivity contribution in [3.05, 3.63) is 93.8 Å². The van der Waals surface area contributed by atoms with Crippen LogP contribution in [0.4, 0.5) is 0 Å². The van der Waals surface area contributed by atoms with Gasteiger partial charge in [-0.1, -0.05) is 48.5 Å². The number of aryl methyl sites for hydroxylation is 1. The van der Waals surface area contributed by atoms with Crippen LogP contribution < -0.4 is 5.63 Å². The predicted octanol–water partition coefficient (Wildman–Crippen LogP) is 4.89. The molecule has 0 aliphatic carbocycles. The van der Waals surface area contributed by atoms with E-state index in [1.54, 1.807) is 6.07 Å². The van der Waals surface area contributed by atoms with Gasteiger partial charge in [0.25, 0.3) is 0 Å². The molecule has 0 amide bonds. The molecule has 0 N–H and O–H groups in total. The fourth-order valence-electron chi connectivity index (χ4n) is 3.46. The van der Waals surface area contributed by atoms with Crippen molar-refractivity contribution in [3.63, 3.8) is 0 Å². The lowest BCUT2D eigenvalue weighted by Crippen LogP contribution is -2.18. The van der Waals surface area contributed by atoms with Crippen molar-refractivity contribution in [2.75, 3.05) is 7.05 Å². The summed E-state index contributed by atoms with van der Waals surface area (Å²) in [5.41, 5.74) is 3.71. The fraction of sp³-hybridized carbons (Fsp3) is 0.174. The van der Waals surface area contributed by atoms with Crippen LogP contribution in [0.15, 0.2) is 75.9 Å². The minimum atomic E-state index is -0.294. The third-order valence-corrected chi connectivity index (χ3v) is 4.69. The average Bonchev–Trinajstić information content (AvgIpc) is 2.61. The van der Waals surface area contributed by atoms with Gasteiger partial charge in [0.2, 0.25) is 0 Å². The summed E-state index contributed by atoms with van der Waals surface area (Å²) in [6.45, 7) is 3.51. The van der Waals surface area contributed by atoms with Gasteiger partial charge in [-0.15, -0.1) is 0 Å². The molecule has 3 heteroatoms. The Morgan fingerprint density at radius 2 is 1.69 bits per heavy atom. The topological polar surface area (TPSA) is 33.5 Å². The van der Waals surface area contributed by atoms with Gasteiger partial charge in [-0.3, -0.25) is 4.90 Å². The molecule has 0 aliphatic heterocycles. The van der Waals surface area contributed by atoms with Crippen LogP contribution in [0.3, 0.4) is 0 Å². The van der Waals surface area contributed by atoms with E-state index in [0.717, 1.165) is 23.1 Å². The molecule has 130 valence electrons.